The van der Waals surface area contributed by atoms with E-state index >= 15 is 0 Å². The molecule has 0 unspecified atom stereocenters. The van der Waals surface area contributed by atoms with Crippen LogP contribution in [0.3, 0.4) is 0 Å². The molecule has 7 heavy (non-hydrogen) atoms. The molecule has 0 aromatic carbocycles. The van der Waals surface area contributed by atoms with Gasteiger partial charge >= 0.3 is 0 Å². The summed E-state index contributed by atoms with van der Waals surface area (Å²) in [6.45, 7) is 0. The summed E-state index contributed by atoms with van der Waals surface area (Å²) in [6, 6.07) is 0. The molecule has 7 heteroatoms. The Morgan fingerprint density at radius 3 is 1.43 bits per heavy atom. The average molecular weight is 113 g/mol. The summed E-state index contributed by atoms with van der Waals surface area (Å²) < 4.78 is 0. The second-order valence-corrected chi connectivity index (χ2v) is 0.224. The van der Waals surface area contributed by atoms with Gasteiger partial charge in [0.05, 0.1) is 5.09 Å². The highest BCUT2D eigenvalue weighted by molar-refractivity contribution is 4.03. The molecule has 0 heterocycles. The Balaban J connectivity index is -0.0000000480. The van der Waals surface area contributed by atoms with E-state index in [0.29, 0.717) is 0 Å². The minimum absolute atomic E-state index is 0. The average Bonchev–Trinajstić information content (AvgIpc) is 1.41. The van der Waals surface area contributed by atoms with Crippen LogP contribution >= 0.6 is 0 Å². The molecule has 0 saturated carbocycles. The van der Waals surface area contributed by atoms with Gasteiger partial charge in [-0.1, -0.05) is 0 Å². The summed E-state index contributed by atoms with van der Waals surface area (Å²) in [5.41, 5.74) is 0. The van der Waals surface area contributed by atoms with Crippen LogP contribution in [0.5, 0.6) is 0 Å². The monoisotopic (exact) mass is 113 g/mol. The number of rotatable bonds is 0. The molecular formula is H7N3O4. The minimum Gasteiger partial charge on any atom is -0.369 e. The second kappa shape index (κ2) is 19.5. The first-order chi connectivity index (χ1) is 2.73. The highest BCUT2D eigenvalue weighted by atomic mass is 16.9. The topological polar surface area (TPSA) is 149 Å². The van der Waals surface area contributed by atoms with Crippen LogP contribution in [0.4, 0.5) is 0 Å². The fourth-order valence-electron chi connectivity index (χ4n) is 0. The van der Waals surface area contributed by atoms with E-state index in [1.54, 1.807) is 0 Å². The Bertz CT molecular complexity index is 29.9. The fourth-order valence-corrected chi connectivity index (χ4v) is 0. The molecule has 0 aromatic rings. The van der Waals surface area contributed by atoms with Gasteiger partial charge in [-0.15, -0.1) is 0 Å². The van der Waals surface area contributed by atoms with Crippen molar-refractivity contribution in [2.24, 2.45) is 5.90 Å². The molecule has 0 spiro atoms. The van der Waals surface area contributed by atoms with Gasteiger partial charge in [0.25, 0.3) is 0 Å². The zero-order valence-corrected chi connectivity index (χ0v) is 3.70. The van der Waals surface area contributed by atoms with Crippen molar-refractivity contribution in [3.63, 3.8) is 0 Å². The molecule has 7 N–H and O–H groups in total. The molecule has 0 atom stereocenters. The van der Waals surface area contributed by atoms with E-state index in [9.17, 15) is 0 Å². The number of hydrogen-bond acceptors (Lipinski definition) is 5. The van der Waals surface area contributed by atoms with E-state index in [1.807, 2.05) is 0 Å². The Morgan fingerprint density at radius 1 is 1.43 bits per heavy atom. The summed E-state index contributed by atoms with van der Waals surface area (Å²) in [6.07, 6.45) is 0. The molecule has 0 aromatic heterocycles. The Labute approximate surface area is 39.0 Å². The highest BCUT2D eigenvalue weighted by Gasteiger charge is 1.45. The molecule has 0 rings (SSSR count). The van der Waals surface area contributed by atoms with Crippen molar-refractivity contribution < 1.29 is 10.3 Å². The van der Waals surface area contributed by atoms with E-state index in [0.717, 1.165) is 0 Å². The van der Waals surface area contributed by atoms with Crippen molar-refractivity contribution in [2.45, 2.75) is 0 Å². The first-order valence-corrected chi connectivity index (χ1v) is 0.806. The van der Waals surface area contributed by atoms with Crippen LogP contribution < -0.4 is 12.0 Å². The van der Waals surface area contributed by atoms with Crippen LogP contribution in [0, 0.1) is 15.3 Å². The molecule has 0 aliphatic rings. The molecule has 0 amide bonds. The summed E-state index contributed by atoms with van der Waals surface area (Å²) >= 11 is 0. The predicted molar refractivity (Wildman–Crippen MR) is 22.3 cm³/mol. The van der Waals surface area contributed by atoms with Gasteiger partial charge in [-0.3, -0.25) is 0 Å². The normalized spacial score (nSPS) is 4.29. The molecular weight excluding hydrogens is 106 g/mol. The molecule has 0 fully saturated rings. The molecule has 0 aliphatic heterocycles. The third-order valence-corrected chi connectivity index (χ3v) is 0. The van der Waals surface area contributed by atoms with Crippen LogP contribution in [-0.2, 0) is 0 Å². The summed E-state index contributed by atoms with van der Waals surface area (Å²) in [5, 5.41) is 21.2. The van der Waals surface area contributed by atoms with E-state index in [4.69, 9.17) is 20.5 Å². The maximum atomic E-state index is 8.25. The van der Waals surface area contributed by atoms with Crippen LogP contribution in [0.25, 0.3) is 0 Å². The smallest absolute Gasteiger partial charge is 0.0689 e. The first-order valence-electron chi connectivity index (χ1n) is 0.806. The van der Waals surface area contributed by atoms with Crippen molar-refractivity contribution in [3.05, 3.63) is 15.3 Å². The summed E-state index contributed by atoms with van der Waals surface area (Å²) in [7, 11) is 0. The maximum Gasteiger partial charge on any atom is 0.0689 e. The lowest BCUT2D eigenvalue weighted by atomic mass is 13.1. The fraction of sp³-hybridized carbons (Fsp3) is 0. The number of hydrogen-bond donors (Lipinski definition) is 3. The number of quaternary nitrogens is 1. The number of nitrogens with zero attached hydrogens (tertiary/aromatic N) is 1. The molecule has 46 valence electrons. The van der Waals surface area contributed by atoms with Gasteiger partial charge < -0.3 is 26.7 Å². The van der Waals surface area contributed by atoms with Gasteiger partial charge in [0.2, 0.25) is 0 Å². The lowest BCUT2D eigenvalue weighted by molar-refractivity contribution is -0.402. The van der Waals surface area contributed by atoms with Crippen LogP contribution in [0.2, 0.25) is 0 Å². The first kappa shape index (κ1) is 16.5. The van der Waals surface area contributed by atoms with E-state index in [-0.39, 0.29) is 6.15 Å². The zero-order chi connectivity index (χ0) is 5.58. The zero-order valence-electron chi connectivity index (χ0n) is 3.70. The quantitative estimate of drug-likeness (QED) is 0.285. The van der Waals surface area contributed by atoms with Crippen molar-refractivity contribution in [3.8, 4) is 0 Å². The number of nitrogens with two attached hydrogens (primary N) is 1. The highest BCUT2D eigenvalue weighted by Crippen LogP contribution is 1.44. The van der Waals surface area contributed by atoms with Gasteiger partial charge in [0.15, 0.2) is 0 Å². The largest absolute Gasteiger partial charge is 0.369 e. The molecule has 0 aliphatic carbocycles. The summed E-state index contributed by atoms with van der Waals surface area (Å²) in [4.78, 5) is 8.25. The van der Waals surface area contributed by atoms with Gasteiger partial charge in [0.1, 0.15) is 0 Å². The Morgan fingerprint density at radius 2 is 1.43 bits per heavy atom. The summed E-state index contributed by atoms with van der Waals surface area (Å²) in [5.74, 6) is 3.50. The lowest BCUT2D eigenvalue weighted by Crippen LogP contribution is -1.74. The Hall–Kier alpha value is -0.920. The molecule has 0 saturated heterocycles. The van der Waals surface area contributed by atoms with Crippen molar-refractivity contribution in [2.75, 3.05) is 0 Å². The van der Waals surface area contributed by atoms with E-state index < -0.39 is 5.09 Å². The predicted octanol–water partition coefficient (Wildman–Crippen LogP) is -0.529. The standard InChI is InChI=1S/NO3.H3NO.H3N/c2-1(3)4;1-2;/h;2H,1H2;1H3/q-1;;/p+1. The van der Waals surface area contributed by atoms with Crippen molar-refractivity contribution >= 4 is 0 Å². The second-order valence-electron chi connectivity index (χ2n) is 0.224. The van der Waals surface area contributed by atoms with Gasteiger partial charge in [-0.05, 0) is 0 Å². The van der Waals surface area contributed by atoms with Crippen LogP contribution in [-0.4, -0.2) is 10.3 Å². The third kappa shape index (κ3) is 56.9. The molecule has 7 nitrogen and oxygen atoms in total. The van der Waals surface area contributed by atoms with Gasteiger partial charge in [-0.25, -0.2) is 5.90 Å². The van der Waals surface area contributed by atoms with Crippen molar-refractivity contribution in [1.29, 1.82) is 0 Å². The minimum atomic E-state index is -1.75. The molecule has 0 radical (unpaired) electrons. The van der Waals surface area contributed by atoms with Crippen LogP contribution in [0.15, 0.2) is 0 Å². The van der Waals surface area contributed by atoms with Gasteiger partial charge in [-0.2, -0.15) is 0 Å². The van der Waals surface area contributed by atoms with E-state index in [2.05, 4.69) is 5.90 Å². The SMILES string of the molecule is NO.O=[N+]([O-])[O-].[NH4+]. The third-order valence-electron chi connectivity index (χ3n) is 0. The van der Waals surface area contributed by atoms with Crippen molar-refractivity contribution in [1.82, 2.24) is 6.15 Å². The Kier molecular flexibility index (Phi) is 46.2. The lowest BCUT2D eigenvalue weighted by Gasteiger charge is -1.74. The van der Waals surface area contributed by atoms with E-state index in [1.165, 1.54) is 0 Å². The van der Waals surface area contributed by atoms with Crippen LogP contribution in [0.1, 0.15) is 0 Å². The molecule has 0 bridgehead atoms. The van der Waals surface area contributed by atoms with Gasteiger partial charge in [0, 0.05) is 0 Å². The maximum absolute atomic E-state index is 8.25.